The number of benzene rings is 2. The van der Waals surface area contributed by atoms with Crippen LogP contribution >= 0.6 is 0 Å². The highest BCUT2D eigenvalue weighted by Gasteiger charge is 2.11. The number of rotatable bonds is 5. The maximum atomic E-state index is 13.5. The summed E-state index contributed by atoms with van der Waals surface area (Å²) in [7, 11) is 1.73. The third kappa shape index (κ3) is 3.71. The maximum absolute atomic E-state index is 13.5. The average molecular weight is 275 g/mol. The van der Waals surface area contributed by atoms with E-state index in [-0.39, 0.29) is 18.1 Å². The van der Waals surface area contributed by atoms with Gasteiger partial charge in [-0.25, -0.2) is 8.78 Å². The molecule has 0 unspecified atom stereocenters. The van der Waals surface area contributed by atoms with Crippen LogP contribution in [0.2, 0.25) is 0 Å². The second kappa shape index (κ2) is 6.39. The minimum atomic E-state index is -0.437. The predicted octanol–water partition coefficient (Wildman–Crippen LogP) is 3.28. The van der Waals surface area contributed by atoms with Crippen LogP contribution in [0.25, 0.3) is 0 Å². The predicted molar refractivity (Wildman–Crippen MR) is 73.5 cm³/mol. The number of likely N-dealkylation sites (N-methyl/N-ethyl adjacent to an activating group) is 1. The summed E-state index contributed by atoms with van der Waals surface area (Å²) in [6.07, 6.45) is 0. The zero-order chi connectivity index (χ0) is 14.5. The van der Waals surface area contributed by atoms with Crippen molar-refractivity contribution >= 4 is 5.78 Å². The van der Waals surface area contributed by atoms with Gasteiger partial charge in [0.15, 0.2) is 5.78 Å². The van der Waals surface area contributed by atoms with E-state index in [2.05, 4.69) is 0 Å². The van der Waals surface area contributed by atoms with Crippen molar-refractivity contribution in [3.8, 4) is 0 Å². The third-order valence-corrected chi connectivity index (χ3v) is 2.96. The van der Waals surface area contributed by atoms with Gasteiger partial charge in [-0.1, -0.05) is 30.3 Å². The van der Waals surface area contributed by atoms with Crippen LogP contribution in [0.1, 0.15) is 15.9 Å². The summed E-state index contributed by atoms with van der Waals surface area (Å²) >= 11 is 0. The van der Waals surface area contributed by atoms with Crippen LogP contribution in [0.5, 0.6) is 0 Å². The van der Waals surface area contributed by atoms with E-state index >= 15 is 0 Å². The SMILES string of the molecule is CN(CC(=O)c1cccc(F)c1)Cc1ccccc1F. The molecule has 20 heavy (non-hydrogen) atoms. The molecule has 2 rings (SSSR count). The van der Waals surface area contributed by atoms with Gasteiger partial charge in [-0.05, 0) is 25.2 Å². The first-order valence-corrected chi connectivity index (χ1v) is 6.27. The summed E-state index contributed by atoms with van der Waals surface area (Å²) in [4.78, 5) is 13.7. The van der Waals surface area contributed by atoms with Crippen molar-refractivity contribution < 1.29 is 13.6 Å². The minimum Gasteiger partial charge on any atom is -0.294 e. The molecule has 0 aromatic heterocycles. The van der Waals surface area contributed by atoms with Gasteiger partial charge in [0.1, 0.15) is 11.6 Å². The first-order valence-electron chi connectivity index (χ1n) is 6.27. The van der Waals surface area contributed by atoms with Crippen LogP contribution in [0.3, 0.4) is 0 Å². The quantitative estimate of drug-likeness (QED) is 0.780. The Bertz CT molecular complexity index is 613. The zero-order valence-corrected chi connectivity index (χ0v) is 11.1. The fourth-order valence-corrected chi connectivity index (χ4v) is 1.97. The Morgan fingerprint density at radius 3 is 2.55 bits per heavy atom. The van der Waals surface area contributed by atoms with Gasteiger partial charge in [0.25, 0.3) is 0 Å². The van der Waals surface area contributed by atoms with Crippen molar-refractivity contribution in [3.05, 3.63) is 71.3 Å². The number of ketones is 1. The molecule has 4 heteroatoms. The molecule has 0 N–H and O–H groups in total. The first kappa shape index (κ1) is 14.3. The summed E-state index contributed by atoms with van der Waals surface area (Å²) in [5.41, 5.74) is 0.854. The number of hydrogen-bond donors (Lipinski definition) is 0. The molecule has 0 spiro atoms. The van der Waals surface area contributed by atoms with Gasteiger partial charge < -0.3 is 0 Å². The van der Waals surface area contributed by atoms with Crippen molar-refractivity contribution in [2.45, 2.75) is 6.54 Å². The molecule has 0 heterocycles. The lowest BCUT2D eigenvalue weighted by Crippen LogP contribution is -2.26. The van der Waals surface area contributed by atoms with E-state index in [1.54, 1.807) is 36.2 Å². The molecule has 0 aliphatic rings. The molecule has 0 saturated heterocycles. The second-order valence-corrected chi connectivity index (χ2v) is 4.70. The van der Waals surface area contributed by atoms with E-state index in [9.17, 15) is 13.6 Å². The van der Waals surface area contributed by atoms with Crippen LogP contribution in [0, 0.1) is 11.6 Å². The van der Waals surface area contributed by atoms with Crippen LogP contribution < -0.4 is 0 Å². The number of hydrogen-bond acceptors (Lipinski definition) is 2. The number of nitrogens with zero attached hydrogens (tertiary/aromatic N) is 1. The molecule has 0 aliphatic carbocycles. The summed E-state index contributed by atoms with van der Waals surface area (Å²) in [6.45, 7) is 0.436. The third-order valence-electron chi connectivity index (χ3n) is 2.96. The Kier molecular flexibility index (Phi) is 4.58. The molecule has 0 radical (unpaired) electrons. The van der Waals surface area contributed by atoms with E-state index in [0.717, 1.165) is 0 Å². The molecule has 104 valence electrons. The number of carbonyl (C=O) groups is 1. The molecule has 0 bridgehead atoms. The lowest BCUT2D eigenvalue weighted by molar-refractivity contribution is 0.0942. The second-order valence-electron chi connectivity index (χ2n) is 4.70. The molecule has 2 nitrogen and oxygen atoms in total. The highest BCUT2D eigenvalue weighted by molar-refractivity contribution is 5.97. The van der Waals surface area contributed by atoms with Gasteiger partial charge in [-0.15, -0.1) is 0 Å². The molecule has 0 atom stereocenters. The standard InChI is InChI=1S/C16H15F2NO/c1-19(10-13-5-2-3-8-15(13)18)11-16(20)12-6-4-7-14(17)9-12/h2-9H,10-11H2,1H3. The Morgan fingerprint density at radius 1 is 1.10 bits per heavy atom. The van der Waals surface area contributed by atoms with Crippen LogP contribution in [-0.4, -0.2) is 24.3 Å². The van der Waals surface area contributed by atoms with Gasteiger partial charge in [0.2, 0.25) is 0 Å². The molecular formula is C16H15F2NO. The van der Waals surface area contributed by atoms with E-state index in [0.29, 0.717) is 17.7 Å². The number of carbonyl (C=O) groups excluding carboxylic acids is 1. The van der Waals surface area contributed by atoms with E-state index < -0.39 is 5.82 Å². The molecule has 0 amide bonds. The normalized spacial score (nSPS) is 10.8. The smallest absolute Gasteiger partial charge is 0.176 e. The van der Waals surface area contributed by atoms with E-state index in [1.165, 1.54) is 24.3 Å². The lowest BCUT2D eigenvalue weighted by Gasteiger charge is -2.16. The highest BCUT2D eigenvalue weighted by atomic mass is 19.1. The monoisotopic (exact) mass is 275 g/mol. The van der Waals surface area contributed by atoms with Crippen molar-refractivity contribution in [1.82, 2.24) is 4.90 Å². The summed E-state index contributed by atoms with van der Waals surface area (Å²) < 4.78 is 26.6. The van der Waals surface area contributed by atoms with Crippen molar-refractivity contribution in [2.24, 2.45) is 0 Å². The van der Waals surface area contributed by atoms with Crippen molar-refractivity contribution in [2.75, 3.05) is 13.6 Å². The van der Waals surface area contributed by atoms with Gasteiger partial charge in [-0.2, -0.15) is 0 Å². The van der Waals surface area contributed by atoms with Crippen LogP contribution in [0.4, 0.5) is 8.78 Å². The Morgan fingerprint density at radius 2 is 1.85 bits per heavy atom. The Labute approximate surface area is 116 Å². The fourth-order valence-electron chi connectivity index (χ4n) is 1.97. The summed E-state index contributed by atoms with van der Waals surface area (Å²) in [5.74, 6) is -0.923. The van der Waals surface area contributed by atoms with Crippen molar-refractivity contribution in [1.29, 1.82) is 0 Å². The minimum absolute atomic E-state index is 0.109. The fraction of sp³-hybridized carbons (Fsp3) is 0.188. The van der Waals surface area contributed by atoms with Crippen LogP contribution in [0.15, 0.2) is 48.5 Å². The molecule has 0 fully saturated rings. The van der Waals surface area contributed by atoms with Gasteiger partial charge in [0, 0.05) is 17.7 Å². The number of Topliss-reactive ketones (excluding diaryl/α,β-unsaturated/α-hetero) is 1. The Balaban J connectivity index is 2.00. The van der Waals surface area contributed by atoms with Gasteiger partial charge >= 0.3 is 0 Å². The van der Waals surface area contributed by atoms with E-state index in [1.807, 2.05) is 0 Å². The maximum Gasteiger partial charge on any atom is 0.176 e. The number of halogens is 2. The molecule has 0 aliphatic heterocycles. The van der Waals surface area contributed by atoms with Gasteiger partial charge in [0.05, 0.1) is 6.54 Å². The molecule has 2 aromatic rings. The first-order chi connectivity index (χ1) is 9.56. The Hall–Kier alpha value is -2.07. The van der Waals surface area contributed by atoms with E-state index in [4.69, 9.17) is 0 Å². The van der Waals surface area contributed by atoms with Crippen LogP contribution in [-0.2, 0) is 6.54 Å². The molecule has 0 saturated carbocycles. The summed E-state index contributed by atoms with van der Waals surface area (Å²) in [5, 5.41) is 0. The lowest BCUT2D eigenvalue weighted by atomic mass is 10.1. The summed E-state index contributed by atoms with van der Waals surface area (Å²) in [6, 6.07) is 12.0. The zero-order valence-electron chi connectivity index (χ0n) is 11.1. The van der Waals surface area contributed by atoms with Gasteiger partial charge in [-0.3, -0.25) is 9.69 Å². The van der Waals surface area contributed by atoms with Crippen molar-refractivity contribution in [3.63, 3.8) is 0 Å². The topological polar surface area (TPSA) is 20.3 Å². The highest BCUT2D eigenvalue weighted by Crippen LogP contribution is 2.10. The molecular weight excluding hydrogens is 260 g/mol. The molecule has 2 aromatic carbocycles. The largest absolute Gasteiger partial charge is 0.294 e. The average Bonchev–Trinajstić information content (AvgIpc) is 2.41.